The third kappa shape index (κ3) is 5.00. The Kier molecular flexibility index (Phi) is 7.05. The van der Waals surface area contributed by atoms with Gasteiger partial charge in [-0.15, -0.1) is 0 Å². The Morgan fingerprint density at radius 2 is 1.78 bits per heavy atom. The molecule has 4 aromatic rings. The van der Waals surface area contributed by atoms with Gasteiger partial charge < -0.3 is 15.0 Å². The second-order valence-corrected chi connectivity index (χ2v) is 9.69. The van der Waals surface area contributed by atoms with Gasteiger partial charge in [0.05, 0.1) is 16.6 Å². The molecule has 1 heterocycles. The highest BCUT2D eigenvalue weighted by molar-refractivity contribution is 6.31. The molecule has 0 spiro atoms. The van der Waals surface area contributed by atoms with Crippen LogP contribution in [0.2, 0.25) is 5.02 Å². The minimum Gasteiger partial charge on any atom is -0.478 e. The van der Waals surface area contributed by atoms with Gasteiger partial charge in [0.25, 0.3) is 5.91 Å². The number of halogens is 1. The zero-order chi connectivity index (χ0) is 25.1. The van der Waals surface area contributed by atoms with Crippen molar-refractivity contribution in [2.45, 2.75) is 44.6 Å². The maximum Gasteiger partial charge on any atom is 0.335 e. The first-order valence-corrected chi connectivity index (χ1v) is 12.8. The van der Waals surface area contributed by atoms with E-state index in [2.05, 4.69) is 9.88 Å². The van der Waals surface area contributed by atoms with Crippen LogP contribution in [-0.2, 0) is 6.42 Å². The standard InChI is InChI=1S/C29H28ClN3O3/c30-24-12-5-4-7-19(24)15-16-31-28(34)21-9-6-8-20(17-21)27-32-25-18-22(29(35)36)13-14-26(25)33(27)23-10-2-1-3-11-23/h4-9,12-14,17-18,23H,1-3,10-11,15-16H2,(H,31,34)(H,35,36). The maximum absolute atomic E-state index is 12.9. The van der Waals surface area contributed by atoms with Crippen molar-refractivity contribution in [3.05, 3.63) is 88.4 Å². The van der Waals surface area contributed by atoms with Crippen molar-refractivity contribution >= 4 is 34.5 Å². The average molecular weight is 502 g/mol. The van der Waals surface area contributed by atoms with E-state index in [4.69, 9.17) is 16.6 Å². The lowest BCUT2D eigenvalue weighted by molar-refractivity contribution is 0.0696. The highest BCUT2D eigenvalue weighted by atomic mass is 35.5. The van der Waals surface area contributed by atoms with E-state index in [1.54, 1.807) is 18.2 Å². The van der Waals surface area contributed by atoms with Crippen LogP contribution < -0.4 is 5.32 Å². The van der Waals surface area contributed by atoms with Gasteiger partial charge in [-0.1, -0.05) is 61.2 Å². The van der Waals surface area contributed by atoms with Gasteiger partial charge >= 0.3 is 5.97 Å². The number of carbonyl (C=O) groups excluding carboxylic acids is 1. The van der Waals surface area contributed by atoms with Crippen LogP contribution in [0, 0.1) is 0 Å². The second kappa shape index (κ2) is 10.5. The van der Waals surface area contributed by atoms with E-state index >= 15 is 0 Å². The van der Waals surface area contributed by atoms with Gasteiger partial charge in [0.15, 0.2) is 0 Å². The van der Waals surface area contributed by atoms with Crippen molar-refractivity contribution in [3.8, 4) is 11.4 Å². The van der Waals surface area contributed by atoms with E-state index in [0.29, 0.717) is 35.1 Å². The molecular weight excluding hydrogens is 474 g/mol. The maximum atomic E-state index is 12.9. The molecule has 2 N–H and O–H groups in total. The van der Waals surface area contributed by atoms with Crippen LogP contribution in [0.15, 0.2) is 66.7 Å². The van der Waals surface area contributed by atoms with Crippen molar-refractivity contribution in [2.75, 3.05) is 6.54 Å². The Hall–Kier alpha value is -3.64. The molecule has 0 aliphatic heterocycles. The Morgan fingerprint density at radius 1 is 0.972 bits per heavy atom. The number of carboxylic acids is 1. The molecule has 36 heavy (non-hydrogen) atoms. The summed E-state index contributed by atoms with van der Waals surface area (Å²) in [5.41, 5.74) is 4.19. The Labute approximate surface area is 214 Å². The molecule has 1 aromatic heterocycles. The number of aromatic carboxylic acids is 1. The SMILES string of the molecule is O=C(O)c1ccc2c(c1)nc(-c1cccc(C(=O)NCCc3ccccc3Cl)c1)n2C1CCCCC1. The van der Waals surface area contributed by atoms with Gasteiger partial charge in [-0.2, -0.15) is 0 Å². The van der Waals surface area contributed by atoms with Gasteiger partial charge in [-0.3, -0.25) is 4.79 Å². The summed E-state index contributed by atoms with van der Waals surface area (Å²) in [5.74, 6) is -0.358. The molecule has 0 saturated heterocycles. The van der Waals surface area contributed by atoms with Crippen LogP contribution >= 0.6 is 11.6 Å². The van der Waals surface area contributed by atoms with E-state index in [1.165, 1.54) is 6.42 Å². The number of fused-ring (bicyclic) bond motifs is 1. The van der Waals surface area contributed by atoms with Gasteiger partial charge in [-0.25, -0.2) is 9.78 Å². The predicted octanol–water partition coefficient (Wildman–Crippen LogP) is 6.53. The summed E-state index contributed by atoms with van der Waals surface area (Å²) in [5, 5.41) is 13.1. The van der Waals surface area contributed by atoms with Gasteiger partial charge in [0.2, 0.25) is 0 Å². The van der Waals surface area contributed by atoms with Crippen molar-refractivity contribution in [3.63, 3.8) is 0 Å². The monoisotopic (exact) mass is 501 g/mol. The fourth-order valence-electron chi connectivity index (χ4n) is 5.06. The number of amides is 1. The molecule has 0 radical (unpaired) electrons. The molecule has 0 unspecified atom stereocenters. The average Bonchev–Trinajstić information content (AvgIpc) is 3.29. The minimum atomic E-state index is -0.971. The van der Waals surface area contributed by atoms with Crippen LogP contribution in [0.5, 0.6) is 0 Å². The van der Waals surface area contributed by atoms with E-state index in [1.807, 2.05) is 48.5 Å². The normalized spacial score (nSPS) is 14.1. The molecule has 3 aromatic carbocycles. The Bertz CT molecular complexity index is 1420. The van der Waals surface area contributed by atoms with Crippen LogP contribution in [-0.4, -0.2) is 33.1 Å². The fourth-order valence-corrected chi connectivity index (χ4v) is 5.29. The van der Waals surface area contributed by atoms with E-state index in [9.17, 15) is 14.7 Å². The third-order valence-corrected chi connectivity index (χ3v) is 7.27. The molecule has 1 saturated carbocycles. The topological polar surface area (TPSA) is 84.2 Å². The Balaban J connectivity index is 1.44. The summed E-state index contributed by atoms with van der Waals surface area (Å²) in [6.07, 6.45) is 6.30. The van der Waals surface area contributed by atoms with Crippen LogP contribution in [0.3, 0.4) is 0 Å². The number of hydrogen-bond donors (Lipinski definition) is 2. The van der Waals surface area contributed by atoms with Crippen molar-refractivity contribution in [2.24, 2.45) is 0 Å². The fraction of sp³-hybridized carbons (Fsp3) is 0.276. The lowest BCUT2D eigenvalue weighted by Crippen LogP contribution is -2.25. The predicted molar refractivity (Wildman–Crippen MR) is 142 cm³/mol. The summed E-state index contributed by atoms with van der Waals surface area (Å²) in [6, 6.07) is 20.5. The van der Waals surface area contributed by atoms with Crippen LogP contribution in [0.4, 0.5) is 0 Å². The zero-order valence-corrected chi connectivity index (χ0v) is 20.7. The summed E-state index contributed by atoms with van der Waals surface area (Å²) in [7, 11) is 0. The molecule has 0 atom stereocenters. The number of nitrogens with one attached hydrogen (secondary N) is 1. The first-order valence-electron chi connectivity index (χ1n) is 12.4. The molecule has 1 fully saturated rings. The number of nitrogens with zero attached hydrogens (tertiary/aromatic N) is 2. The third-order valence-electron chi connectivity index (χ3n) is 6.90. The second-order valence-electron chi connectivity index (χ2n) is 9.28. The zero-order valence-electron chi connectivity index (χ0n) is 19.9. The first kappa shape index (κ1) is 24.1. The molecule has 5 rings (SSSR count). The molecule has 1 amide bonds. The molecule has 6 nitrogen and oxygen atoms in total. The Morgan fingerprint density at radius 3 is 2.56 bits per heavy atom. The molecule has 0 bridgehead atoms. The number of imidazole rings is 1. The van der Waals surface area contributed by atoms with Crippen LogP contribution in [0.1, 0.15) is 64.4 Å². The molecule has 1 aliphatic rings. The summed E-state index contributed by atoms with van der Waals surface area (Å²) < 4.78 is 2.24. The summed E-state index contributed by atoms with van der Waals surface area (Å²) in [4.78, 5) is 29.3. The van der Waals surface area contributed by atoms with Gasteiger partial charge in [0.1, 0.15) is 5.82 Å². The largest absolute Gasteiger partial charge is 0.478 e. The minimum absolute atomic E-state index is 0.155. The molecule has 7 heteroatoms. The quantitative estimate of drug-likeness (QED) is 0.301. The van der Waals surface area contributed by atoms with Crippen molar-refractivity contribution < 1.29 is 14.7 Å². The summed E-state index contributed by atoms with van der Waals surface area (Å²) in [6.45, 7) is 0.478. The lowest BCUT2D eigenvalue weighted by Gasteiger charge is -2.25. The first-order chi connectivity index (χ1) is 17.5. The number of hydrogen-bond acceptors (Lipinski definition) is 3. The van der Waals surface area contributed by atoms with E-state index in [-0.39, 0.29) is 11.5 Å². The highest BCUT2D eigenvalue weighted by Crippen LogP contribution is 2.36. The number of benzene rings is 3. The smallest absolute Gasteiger partial charge is 0.335 e. The lowest BCUT2D eigenvalue weighted by atomic mass is 9.94. The van der Waals surface area contributed by atoms with Crippen molar-refractivity contribution in [1.82, 2.24) is 14.9 Å². The van der Waals surface area contributed by atoms with Crippen LogP contribution in [0.25, 0.3) is 22.4 Å². The van der Waals surface area contributed by atoms with Gasteiger partial charge in [-0.05, 0) is 61.2 Å². The number of rotatable bonds is 7. The number of carbonyl (C=O) groups is 2. The van der Waals surface area contributed by atoms with E-state index < -0.39 is 5.97 Å². The summed E-state index contributed by atoms with van der Waals surface area (Å²) >= 11 is 6.23. The molecule has 184 valence electrons. The highest BCUT2D eigenvalue weighted by Gasteiger charge is 2.23. The number of aromatic nitrogens is 2. The molecule has 1 aliphatic carbocycles. The number of carboxylic acid groups (broad SMARTS) is 1. The molecular formula is C29H28ClN3O3. The van der Waals surface area contributed by atoms with Gasteiger partial charge in [0, 0.05) is 28.7 Å². The van der Waals surface area contributed by atoms with Crippen molar-refractivity contribution in [1.29, 1.82) is 0 Å². The van der Waals surface area contributed by atoms with E-state index in [0.717, 1.165) is 48.2 Å².